The van der Waals surface area contributed by atoms with Gasteiger partial charge in [-0.1, -0.05) is 6.07 Å². The Morgan fingerprint density at radius 2 is 0.641 bits per heavy atom. The number of ether oxygens (including phenoxy) is 12. The number of hydrogen-bond acceptors (Lipinski definition) is 12. The van der Waals surface area contributed by atoms with E-state index in [1.807, 2.05) is 18.2 Å². The maximum absolute atomic E-state index is 6.00. The van der Waals surface area contributed by atoms with E-state index in [-0.39, 0.29) is 0 Å². The summed E-state index contributed by atoms with van der Waals surface area (Å²) in [5.74, 6) is 1.62. The van der Waals surface area contributed by atoms with Gasteiger partial charge in [0.2, 0.25) is 5.75 Å². The number of methoxy groups -OCH3 is 3. The van der Waals surface area contributed by atoms with Gasteiger partial charge in [0.25, 0.3) is 0 Å². The van der Waals surface area contributed by atoms with Crippen molar-refractivity contribution in [2.75, 3.05) is 140 Å². The number of rotatable bonds is 30. The number of hydrogen-bond donors (Lipinski definition) is 0. The summed E-state index contributed by atoms with van der Waals surface area (Å²) < 4.78 is 65.5. The molecule has 0 spiro atoms. The molecule has 12 nitrogen and oxygen atoms in total. The van der Waals surface area contributed by atoms with Gasteiger partial charge in [0.15, 0.2) is 11.5 Å². The van der Waals surface area contributed by atoms with Crippen LogP contribution in [0.1, 0.15) is 0 Å². The largest absolute Gasteiger partial charge is 0.487 e. The van der Waals surface area contributed by atoms with Crippen LogP contribution < -0.4 is 14.2 Å². The molecule has 0 aliphatic rings. The quantitative estimate of drug-likeness (QED) is 0.127. The van der Waals surface area contributed by atoms with Crippen molar-refractivity contribution in [3.8, 4) is 17.2 Å². The van der Waals surface area contributed by atoms with Crippen LogP contribution in [0.2, 0.25) is 0 Å². The van der Waals surface area contributed by atoms with Crippen molar-refractivity contribution in [2.24, 2.45) is 0 Å². The first-order valence-electron chi connectivity index (χ1n) is 13.3. The lowest BCUT2D eigenvalue weighted by Crippen LogP contribution is -2.15. The van der Waals surface area contributed by atoms with E-state index in [4.69, 9.17) is 56.8 Å². The van der Waals surface area contributed by atoms with Crippen LogP contribution in [0.5, 0.6) is 17.2 Å². The third-order valence-corrected chi connectivity index (χ3v) is 4.80. The van der Waals surface area contributed by atoms with Gasteiger partial charge in [-0.2, -0.15) is 0 Å². The van der Waals surface area contributed by atoms with Crippen LogP contribution in [0.15, 0.2) is 18.2 Å². The van der Waals surface area contributed by atoms with Crippen molar-refractivity contribution in [3.05, 3.63) is 18.2 Å². The fourth-order valence-electron chi connectivity index (χ4n) is 2.88. The van der Waals surface area contributed by atoms with Crippen molar-refractivity contribution in [1.82, 2.24) is 0 Å². The summed E-state index contributed by atoms with van der Waals surface area (Å²) in [5.41, 5.74) is 0. The van der Waals surface area contributed by atoms with Gasteiger partial charge in [0, 0.05) is 21.3 Å². The van der Waals surface area contributed by atoms with Gasteiger partial charge in [-0.15, -0.1) is 0 Å². The van der Waals surface area contributed by atoms with Crippen molar-refractivity contribution >= 4 is 0 Å². The maximum atomic E-state index is 6.00. The molecule has 1 aromatic carbocycles. The van der Waals surface area contributed by atoms with Crippen molar-refractivity contribution in [1.29, 1.82) is 0 Å². The van der Waals surface area contributed by atoms with Crippen molar-refractivity contribution in [2.45, 2.75) is 0 Å². The molecule has 39 heavy (non-hydrogen) atoms. The molecule has 1 rings (SSSR count). The lowest BCUT2D eigenvalue weighted by molar-refractivity contribution is 0.0146. The minimum Gasteiger partial charge on any atom is -0.487 e. The Hall–Kier alpha value is -1.74. The number of para-hydroxylation sites is 1. The molecule has 0 unspecified atom stereocenters. The Morgan fingerprint density at radius 3 is 0.974 bits per heavy atom. The van der Waals surface area contributed by atoms with Gasteiger partial charge < -0.3 is 56.8 Å². The molecule has 0 amide bonds. The summed E-state index contributed by atoms with van der Waals surface area (Å²) in [4.78, 5) is 0. The zero-order chi connectivity index (χ0) is 28.1. The molecule has 0 atom stereocenters. The lowest BCUT2D eigenvalue weighted by atomic mass is 10.3. The van der Waals surface area contributed by atoms with Gasteiger partial charge >= 0.3 is 0 Å². The highest BCUT2D eigenvalue weighted by molar-refractivity contribution is 5.51. The minimum atomic E-state index is 0.319. The van der Waals surface area contributed by atoms with Crippen LogP contribution in [-0.2, 0) is 42.6 Å². The Kier molecular flexibility index (Phi) is 25.2. The molecule has 12 heteroatoms. The van der Waals surface area contributed by atoms with Crippen molar-refractivity contribution in [3.63, 3.8) is 0 Å². The molecule has 0 aromatic heterocycles. The monoisotopic (exact) mass is 564 g/mol. The first kappa shape index (κ1) is 35.3. The molecule has 0 saturated heterocycles. The predicted octanol–water partition coefficient (Wildman–Crippen LogP) is 1.86. The highest BCUT2D eigenvalue weighted by Crippen LogP contribution is 2.37. The van der Waals surface area contributed by atoms with E-state index in [2.05, 4.69) is 0 Å². The summed E-state index contributed by atoms with van der Waals surface area (Å²) in [6.45, 7) is 8.43. The Bertz CT molecular complexity index is 609. The highest BCUT2D eigenvalue weighted by atomic mass is 16.6. The molecular formula is C27H48O12. The van der Waals surface area contributed by atoms with Gasteiger partial charge in [-0.25, -0.2) is 0 Å². The molecule has 0 fully saturated rings. The highest BCUT2D eigenvalue weighted by Gasteiger charge is 2.13. The smallest absolute Gasteiger partial charge is 0.203 e. The number of benzene rings is 1. The normalized spacial score (nSPS) is 11.2. The second-order valence-corrected chi connectivity index (χ2v) is 7.78. The fourth-order valence-corrected chi connectivity index (χ4v) is 2.88. The predicted molar refractivity (Wildman–Crippen MR) is 143 cm³/mol. The first-order valence-corrected chi connectivity index (χ1v) is 13.3. The molecule has 0 N–H and O–H groups in total. The average Bonchev–Trinajstić information content (AvgIpc) is 2.95. The van der Waals surface area contributed by atoms with E-state index in [1.165, 1.54) is 0 Å². The Labute approximate surface area is 232 Å². The fraction of sp³-hybridized carbons (Fsp3) is 0.778. The van der Waals surface area contributed by atoms with Gasteiger partial charge in [-0.3, -0.25) is 0 Å². The van der Waals surface area contributed by atoms with Gasteiger partial charge in [-0.05, 0) is 12.1 Å². The van der Waals surface area contributed by atoms with Crippen LogP contribution in [0, 0.1) is 0 Å². The average molecular weight is 565 g/mol. The second-order valence-electron chi connectivity index (χ2n) is 7.78. The third kappa shape index (κ3) is 20.8. The van der Waals surface area contributed by atoms with Gasteiger partial charge in [0.05, 0.1) is 99.1 Å². The molecule has 0 aliphatic heterocycles. The summed E-state index contributed by atoms with van der Waals surface area (Å²) in [7, 11) is 4.91. The Morgan fingerprint density at radius 1 is 0.359 bits per heavy atom. The van der Waals surface area contributed by atoms with E-state index in [1.54, 1.807) is 21.3 Å². The minimum absolute atomic E-state index is 0.319. The summed E-state index contributed by atoms with van der Waals surface area (Å²) in [6.07, 6.45) is 0. The summed E-state index contributed by atoms with van der Waals surface area (Å²) >= 11 is 0. The van der Waals surface area contributed by atoms with Crippen LogP contribution in [-0.4, -0.2) is 140 Å². The zero-order valence-electron chi connectivity index (χ0n) is 23.9. The molecule has 228 valence electrons. The van der Waals surface area contributed by atoms with Crippen molar-refractivity contribution < 1.29 is 56.8 Å². The molecule has 1 aromatic rings. The van der Waals surface area contributed by atoms with Gasteiger partial charge in [0.1, 0.15) is 19.8 Å². The molecule has 0 heterocycles. The SMILES string of the molecule is COCCOCCOCCOc1cccc(OCCOCCOCCOC)c1OCCOCCOCCOC. The topological polar surface area (TPSA) is 111 Å². The zero-order valence-corrected chi connectivity index (χ0v) is 23.9. The standard InChI is InChI=1S/C27H48O12/c1-28-7-10-31-13-16-34-19-22-37-25-5-4-6-26(38-23-20-35-17-14-32-11-8-29-2)27(25)39-24-21-36-18-15-33-12-9-30-3/h4-6H,7-24H2,1-3H3. The van der Waals surface area contributed by atoms with E-state index in [0.29, 0.717) is 136 Å². The van der Waals surface area contributed by atoms with Crippen LogP contribution in [0.4, 0.5) is 0 Å². The molecule has 0 bridgehead atoms. The van der Waals surface area contributed by atoms with Crippen LogP contribution >= 0.6 is 0 Å². The third-order valence-electron chi connectivity index (χ3n) is 4.80. The van der Waals surface area contributed by atoms with E-state index in [9.17, 15) is 0 Å². The van der Waals surface area contributed by atoms with E-state index < -0.39 is 0 Å². The van der Waals surface area contributed by atoms with E-state index in [0.717, 1.165) is 0 Å². The van der Waals surface area contributed by atoms with Crippen LogP contribution in [0.25, 0.3) is 0 Å². The first-order chi connectivity index (χ1) is 19.3. The molecule has 0 radical (unpaired) electrons. The Balaban J connectivity index is 2.44. The molecular weight excluding hydrogens is 516 g/mol. The summed E-state index contributed by atoms with van der Waals surface area (Å²) in [5, 5.41) is 0. The second kappa shape index (κ2) is 27.8. The lowest BCUT2D eigenvalue weighted by Gasteiger charge is -2.17. The van der Waals surface area contributed by atoms with E-state index >= 15 is 0 Å². The summed E-state index contributed by atoms with van der Waals surface area (Å²) in [6, 6.07) is 5.50. The molecule has 0 aliphatic carbocycles. The maximum Gasteiger partial charge on any atom is 0.203 e. The molecule has 0 saturated carbocycles. The van der Waals surface area contributed by atoms with Crippen LogP contribution in [0.3, 0.4) is 0 Å².